The molecule has 88 heavy (non-hydrogen) atoms. The summed E-state index contributed by atoms with van der Waals surface area (Å²) in [5.74, 6) is -30.2. The Labute approximate surface area is 495 Å². The Morgan fingerprint density at radius 3 is 1.18 bits per heavy atom. The Morgan fingerprint density at radius 1 is 0.557 bits per heavy atom. The van der Waals surface area contributed by atoms with Gasteiger partial charge in [-0.25, -0.2) is 90.8 Å². The third-order valence-corrected chi connectivity index (χ3v) is 15.1. The Bertz CT molecular complexity index is 3190. The number of benzene rings is 2. The first-order valence-corrected chi connectivity index (χ1v) is 28.3. The Kier molecular flexibility index (Phi) is 20.4. The van der Waals surface area contributed by atoms with Crippen molar-refractivity contribution >= 4 is 45.7 Å². The lowest BCUT2D eigenvalue weighted by atomic mass is 9.81. The quantitative estimate of drug-likeness (QED) is 0.0352. The molecule has 484 valence electrons. The van der Waals surface area contributed by atoms with Crippen LogP contribution in [0.5, 0.6) is 0 Å². The number of imidazole rings is 2. The fourth-order valence-electron chi connectivity index (χ4n) is 10.7. The number of carbonyl (C=O) groups is 4. The molecular weight excluding hydrogens is 1200 g/mol. The van der Waals surface area contributed by atoms with Gasteiger partial charge in [0.2, 0.25) is 47.2 Å². The van der Waals surface area contributed by atoms with Crippen molar-refractivity contribution in [3.05, 3.63) is 83.0 Å². The van der Waals surface area contributed by atoms with E-state index < -0.39 is 169 Å². The Balaban J connectivity index is 0.000000251. The second-order valence-electron chi connectivity index (χ2n) is 23.7. The van der Waals surface area contributed by atoms with Gasteiger partial charge in [-0.1, -0.05) is 12.1 Å². The summed E-state index contributed by atoms with van der Waals surface area (Å²) in [7, 11) is 0. The lowest BCUT2D eigenvalue weighted by molar-refractivity contribution is -0.127. The summed E-state index contributed by atoms with van der Waals surface area (Å²) in [5.41, 5.74) is -1.54. The maximum atomic E-state index is 15.9. The van der Waals surface area contributed by atoms with E-state index in [1.54, 1.807) is 27.7 Å². The number of aromatic amines is 2. The van der Waals surface area contributed by atoms with Crippen LogP contribution in [0.3, 0.4) is 0 Å². The van der Waals surface area contributed by atoms with E-state index in [0.717, 1.165) is 12.1 Å². The molecule has 8 rings (SSSR count). The number of nitrogens with zero attached hydrogens (tertiary/aromatic N) is 8. The van der Waals surface area contributed by atoms with Crippen LogP contribution in [-0.4, -0.2) is 122 Å². The van der Waals surface area contributed by atoms with Gasteiger partial charge in [0.25, 0.3) is 23.7 Å². The molecule has 2 aliphatic rings. The summed E-state index contributed by atoms with van der Waals surface area (Å²) >= 11 is 0. The van der Waals surface area contributed by atoms with Crippen LogP contribution in [0, 0.1) is 23.5 Å². The molecule has 2 fully saturated rings. The van der Waals surface area contributed by atoms with Gasteiger partial charge in [0.1, 0.15) is 35.3 Å². The lowest BCUT2D eigenvalue weighted by Gasteiger charge is -2.33. The van der Waals surface area contributed by atoms with E-state index in [2.05, 4.69) is 50.7 Å². The van der Waals surface area contributed by atoms with Crippen molar-refractivity contribution in [1.82, 2.24) is 70.7 Å². The maximum absolute atomic E-state index is 15.9. The number of rotatable bonds is 22. The van der Waals surface area contributed by atoms with Crippen LogP contribution in [0.2, 0.25) is 0 Å². The van der Waals surface area contributed by atoms with Gasteiger partial charge in [-0.3, -0.25) is 19.2 Å². The summed E-state index contributed by atoms with van der Waals surface area (Å²) in [5, 5.41) is 17.4. The number of fused-ring (bicyclic) bond motifs is 2. The monoisotopic (exact) mass is 1270 g/mol. The van der Waals surface area contributed by atoms with Gasteiger partial charge in [0, 0.05) is 75.6 Å². The average Bonchev–Trinajstić information content (AvgIpc) is 1.65. The van der Waals surface area contributed by atoms with Crippen molar-refractivity contribution in [3.8, 4) is 0 Å². The zero-order valence-electron chi connectivity index (χ0n) is 49.1. The third kappa shape index (κ3) is 17.5. The molecule has 4 atom stereocenters. The summed E-state index contributed by atoms with van der Waals surface area (Å²) < 4.78 is 200. The van der Waals surface area contributed by atoms with Crippen LogP contribution >= 0.6 is 0 Å². The van der Waals surface area contributed by atoms with Crippen molar-refractivity contribution in [2.75, 3.05) is 13.1 Å². The maximum Gasteiger partial charge on any atom is 0.289 e. The van der Waals surface area contributed by atoms with E-state index in [9.17, 15) is 71.9 Å². The summed E-state index contributed by atoms with van der Waals surface area (Å²) in [6.45, 7) is 6.94. The van der Waals surface area contributed by atoms with Crippen LogP contribution in [-0.2, 0) is 9.59 Å². The molecule has 2 aromatic carbocycles. The number of H-pyrrole nitrogens is 2. The van der Waals surface area contributed by atoms with Crippen molar-refractivity contribution in [2.45, 2.75) is 191 Å². The SMILES string of the molecule is CC(C)n1ncnc1C(=O)N[C@H](c1nc2c(F)c([C@@H](CC(C)(F)F)C(=O)NCC(C)(F)F)ccc2[nH]1)C1CCC(F)(F)CC1.CC(C)n1ncnc1C(=O)N[C@H](c1nc2c(F)c([C@H](CC(C)(F)F)C(=O)NCC(C)(F)F)ccc2[nH]1)C1CCC(F)(F)CC1. The fraction of sp³-hybridized carbons (Fsp3) is 0.607. The first-order valence-electron chi connectivity index (χ1n) is 28.3. The first-order chi connectivity index (χ1) is 40.7. The minimum Gasteiger partial charge on any atom is -0.350 e. The number of alkyl halides is 12. The van der Waals surface area contributed by atoms with Gasteiger partial charge in [-0.05, 0) is 91.2 Å². The highest BCUT2D eigenvalue weighted by molar-refractivity contribution is 5.92. The molecule has 32 heteroatoms. The molecule has 2 saturated carbocycles. The smallest absolute Gasteiger partial charge is 0.289 e. The minimum atomic E-state index is -3.45. The predicted molar refractivity (Wildman–Crippen MR) is 290 cm³/mol. The van der Waals surface area contributed by atoms with Gasteiger partial charge in [0.05, 0.1) is 48.0 Å². The van der Waals surface area contributed by atoms with E-state index in [-0.39, 0.29) is 83.1 Å². The number of halogens is 14. The largest absolute Gasteiger partial charge is 0.350 e. The molecule has 0 aliphatic heterocycles. The lowest BCUT2D eigenvalue weighted by Crippen LogP contribution is -2.39. The summed E-state index contributed by atoms with van der Waals surface area (Å²) in [6, 6.07) is 2.28. The van der Waals surface area contributed by atoms with Gasteiger partial charge >= 0.3 is 0 Å². The van der Waals surface area contributed by atoms with Gasteiger partial charge in [0.15, 0.2) is 11.6 Å². The summed E-state index contributed by atoms with van der Waals surface area (Å²) in [4.78, 5) is 74.4. The average molecular weight is 1270 g/mol. The molecule has 18 nitrogen and oxygen atoms in total. The molecule has 6 N–H and O–H groups in total. The zero-order chi connectivity index (χ0) is 65.2. The van der Waals surface area contributed by atoms with E-state index in [4.69, 9.17) is 0 Å². The number of hydrogen-bond acceptors (Lipinski definition) is 10. The van der Waals surface area contributed by atoms with Gasteiger partial charge in [-0.2, -0.15) is 10.2 Å². The molecule has 0 unspecified atom stereocenters. The highest BCUT2D eigenvalue weighted by Crippen LogP contribution is 2.44. The number of nitrogens with one attached hydrogen (secondary N) is 6. The number of aromatic nitrogens is 10. The van der Waals surface area contributed by atoms with Crippen LogP contribution < -0.4 is 21.3 Å². The van der Waals surface area contributed by atoms with Crippen LogP contribution in [0.25, 0.3) is 22.1 Å². The van der Waals surface area contributed by atoms with Gasteiger partial charge < -0.3 is 31.2 Å². The molecular formula is C56H68F14N14O4. The van der Waals surface area contributed by atoms with Crippen molar-refractivity contribution in [1.29, 1.82) is 0 Å². The van der Waals surface area contributed by atoms with Crippen LogP contribution in [0.15, 0.2) is 36.9 Å². The number of amides is 4. The second kappa shape index (κ2) is 26.3. The van der Waals surface area contributed by atoms with Crippen molar-refractivity contribution < 1.29 is 80.6 Å². The zero-order valence-corrected chi connectivity index (χ0v) is 49.1. The number of hydrogen-bond donors (Lipinski definition) is 6. The minimum absolute atomic E-state index is 0.00941. The molecule has 4 amide bonds. The van der Waals surface area contributed by atoms with Crippen molar-refractivity contribution in [3.63, 3.8) is 0 Å². The topological polar surface area (TPSA) is 235 Å². The standard InChI is InChI=1S/2C28H34F7N7O2/c2*1-14(2)42-23(37-13-38-42)25(44)41-20(15-7-9-28(34,35)10-8-15)22-39-18-6-5-16(19(29)21(18)40-22)17(11-26(3,30)31)24(43)36-12-27(4,32)33/h2*5-6,13-15,17,20H,7-12H2,1-4H3,(H,36,43)(H,39,40)(H,41,44)/t17-,20+;17-,20-/m10/s1. The fourth-order valence-corrected chi connectivity index (χ4v) is 10.7. The van der Waals surface area contributed by atoms with E-state index in [1.807, 2.05) is 10.6 Å². The Hall–Kier alpha value is -7.44. The molecule has 0 spiro atoms. The first kappa shape index (κ1) is 68.1. The third-order valence-electron chi connectivity index (χ3n) is 15.1. The predicted octanol–water partition coefficient (Wildman–Crippen LogP) is 12.1. The molecule has 0 bridgehead atoms. The van der Waals surface area contributed by atoms with Crippen molar-refractivity contribution in [2.24, 2.45) is 11.8 Å². The van der Waals surface area contributed by atoms with Gasteiger partial charge in [-0.15, -0.1) is 0 Å². The van der Waals surface area contributed by atoms with E-state index >= 15 is 8.78 Å². The van der Waals surface area contributed by atoms with Crippen LogP contribution in [0.4, 0.5) is 61.5 Å². The molecule has 0 saturated heterocycles. The Morgan fingerprint density at radius 2 is 0.886 bits per heavy atom. The molecule has 6 aromatic rings. The highest BCUT2D eigenvalue weighted by atomic mass is 19.3. The normalized spacial score (nSPS) is 17.5. The van der Waals surface area contributed by atoms with Crippen LogP contribution in [0.1, 0.15) is 200 Å². The summed E-state index contributed by atoms with van der Waals surface area (Å²) in [6.07, 6.45) is -1.68. The number of carbonyl (C=O) groups excluding carboxylic acids is 4. The second-order valence-corrected chi connectivity index (χ2v) is 23.7. The van der Waals surface area contributed by atoms with E-state index in [0.29, 0.717) is 27.7 Å². The molecule has 0 radical (unpaired) electrons. The van der Waals surface area contributed by atoms with E-state index in [1.165, 1.54) is 34.2 Å². The molecule has 2 aliphatic carbocycles. The highest BCUT2D eigenvalue weighted by Gasteiger charge is 2.43. The molecule has 4 aromatic heterocycles. The molecule has 4 heterocycles.